The molecule has 0 spiro atoms. The van der Waals surface area contributed by atoms with Crippen molar-refractivity contribution in [3.8, 4) is 0 Å². The molecule has 3 heteroatoms. The monoisotopic (exact) mass is 340 g/mol. The van der Waals surface area contributed by atoms with E-state index in [1.807, 2.05) is 6.08 Å². The van der Waals surface area contributed by atoms with Crippen LogP contribution in [0.25, 0.3) is 4.85 Å². The van der Waals surface area contributed by atoms with Crippen LogP contribution in [0.15, 0.2) is 4.99 Å². The van der Waals surface area contributed by atoms with Crippen molar-refractivity contribution in [3.05, 3.63) is 11.4 Å². The number of hydrogen-bond donors (Lipinski definition) is 0. The Labute approximate surface area is 152 Å². The van der Waals surface area contributed by atoms with Crippen LogP contribution < -0.4 is 0 Å². The first-order valence-electron chi connectivity index (χ1n) is 10.3. The molecule has 0 saturated heterocycles. The van der Waals surface area contributed by atoms with Gasteiger partial charge in [-0.1, -0.05) is 13.8 Å². The van der Waals surface area contributed by atoms with Gasteiger partial charge in [-0.2, -0.15) is 4.99 Å². The van der Waals surface area contributed by atoms with Gasteiger partial charge in [0.15, 0.2) is 0 Å². The predicted octanol–water partition coefficient (Wildman–Crippen LogP) is 5.12. The Kier molecular flexibility index (Phi) is 3.93. The van der Waals surface area contributed by atoms with E-state index in [0.717, 1.165) is 37.0 Å². The van der Waals surface area contributed by atoms with E-state index in [4.69, 9.17) is 6.57 Å². The zero-order chi connectivity index (χ0) is 18.0. The van der Waals surface area contributed by atoms with E-state index >= 15 is 0 Å². The van der Waals surface area contributed by atoms with Crippen LogP contribution in [-0.2, 0) is 4.79 Å². The molecule has 136 valence electrons. The molecule has 4 aliphatic rings. The average molecular weight is 341 g/mol. The van der Waals surface area contributed by atoms with Crippen LogP contribution in [0.3, 0.4) is 0 Å². The van der Waals surface area contributed by atoms with Crippen molar-refractivity contribution in [2.24, 2.45) is 52.3 Å². The molecule has 0 radical (unpaired) electrons. The van der Waals surface area contributed by atoms with Crippen molar-refractivity contribution in [1.82, 2.24) is 0 Å². The third kappa shape index (κ3) is 2.23. The van der Waals surface area contributed by atoms with E-state index in [2.05, 4.69) is 37.5 Å². The molecule has 0 unspecified atom stereocenters. The van der Waals surface area contributed by atoms with Gasteiger partial charge in [-0.25, -0.2) is 11.4 Å². The maximum atomic E-state index is 11.2. The summed E-state index contributed by atoms with van der Waals surface area (Å²) in [6, 6.07) is 0. The average Bonchev–Trinajstić information content (AvgIpc) is 2.59. The van der Waals surface area contributed by atoms with E-state index in [1.54, 1.807) is 0 Å². The van der Waals surface area contributed by atoms with Crippen LogP contribution in [0.1, 0.15) is 66.2 Å². The number of isocyanates is 1. The number of rotatable bonds is 1. The second kappa shape index (κ2) is 5.68. The van der Waals surface area contributed by atoms with Gasteiger partial charge in [-0.05, 0) is 80.5 Å². The standard InChI is InChI=1S/C22H32N2O/c1-13-10-15-11-14(2)22(4,24-12-25)18-7-6-17-20(19(15)18)16(13)8-9-21(17,3)23-5/h13-20H,6-11H2,1-4H3/t13-,14+,15-,16+,17-,18-,19+,20+,21-,22+/m0/s1. The third-order valence-electron chi connectivity index (χ3n) is 9.34. The molecule has 0 amide bonds. The minimum Gasteiger partial charge on any atom is -0.310 e. The lowest BCUT2D eigenvalue weighted by atomic mass is 9.40. The topological polar surface area (TPSA) is 33.8 Å². The van der Waals surface area contributed by atoms with Crippen molar-refractivity contribution in [2.45, 2.75) is 77.3 Å². The quantitative estimate of drug-likeness (QED) is 0.370. The summed E-state index contributed by atoms with van der Waals surface area (Å²) in [6.45, 7) is 17.1. The maximum absolute atomic E-state index is 11.2. The highest BCUT2D eigenvalue weighted by atomic mass is 16.1. The maximum Gasteiger partial charge on any atom is 0.235 e. The van der Waals surface area contributed by atoms with Crippen LogP contribution in [0.4, 0.5) is 0 Å². The summed E-state index contributed by atoms with van der Waals surface area (Å²) in [6.07, 6.45) is 9.05. The summed E-state index contributed by atoms with van der Waals surface area (Å²) in [5, 5.41) is 0. The van der Waals surface area contributed by atoms with E-state index in [0.29, 0.717) is 29.6 Å². The molecular weight excluding hydrogens is 308 g/mol. The van der Waals surface area contributed by atoms with Gasteiger partial charge in [0.25, 0.3) is 0 Å². The number of aliphatic imine (C=N–C) groups is 1. The number of nitrogens with zero attached hydrogens (tertiary/aromatic N) is 2. The second-order valence-corrected chi connectivity index (χ2v) is 10.2. The van der Waals surface area contributed by atoms with Gasteiger partial charge < -0.3 is 4.85 Å². The first-order valence-corrected chi connectivity index (χ1v) is 10.3. The van der Waals surface area contributed by atoms with Crippen LogP contribution >= 0.6 is 0 Å². The normalized spacial score (nSPS) is 56.9. The molecule has 0 aromatic rings. The Morgan fingerprint density at radius 2 is 1.80 bits per heavy atom. The van der Waals surface area contributed by atoms with E-state index in [9.17, 15) is 4.79 Å². The highest BCUT2D eigenvalue weighted by Gasteiger charge is 2.65. The lowest BCUT2D eigenvalue weighted by molar-refractivity contribution is -0.144. The van der Waals surface area contributed by atoms with Crippen LogP contribution in [0.5, 0.6) is 0 Å². The Bertz CT molecular complexity index is 647. The van der Waals surface area contributed by atoms with Gasteiger partial charge in [0, 0.05) is 19.3 Å². The lowest BCUT2D eigenvalue weighted by Gasteiger charge is -2.64. The van der Waals surface area contributed by atoms with Crippen LogP contribution in [-0.4, -0.2) is 17.2 Å². The number of hydrogen-bond acceptors (Lipinski definition) is 2. The Hall–Kier alpha value is -1.13. The Morgan fingerprint density at radius 1 is 1.08 bits per heavy atom. The van der Waals surface area contributed by atoms with Crippen molar-refractivity contribution in [2.75, 3.05) is 0 Å². The fourth-order valence-electron chi connectivity index (χ4n) is 7.97. The highest BCUT2D eigenvalue weighted by Crippen LogP contribution is 2.66. The fourth-order valence-corrected chi connectivity index (χ4v) is 7.97. The molecule has 0 heterocycles. The molecule has 4 fully saturated rings. The predicted molar refractivity (Wildman–Crippen MR) is 98.5 cm³/mol. The minimum absolute atomic E-state index is 0.166. The summed E-state index contributed by atoms with van der Waals surface area (Å²) in [5.74, 6) is 5.18. The summed E-state index contributed by atoms with van der Waals surface area (Å²) in [7, 11) is 0. The first kappa shape index (κ1) is 17.3. The van der Waals surface area contributed by atoms with E-state index < -0.39 is 0 Å². The summed E-state index contributed by atoms with van der Waals surface area (Å²) in [4.78, 5) is 19.8. The van der Waals surface area contributed by atoms with Crippen LogP contribution in [0, 0.1) is 53.9 Å². The minimum atomic E-state index is -0.245. The summed E-state index contributed by atoms with van der Waals surface area (Å²) < 4.78 is 0. The number of carbonyl (C=O) groups excluding carboxylic acids is 1. The molecule has 0 N–H and O–H groups in total. The molecule has 4 aliphatic carbocycles. The molecular formula is C22H32N2O. The van der Waals surface area contributed by atoms with Gasteiger partial charge in [-0.3, -0.25) is 0 Å². The molecule has 4 saturated carbocycles. The zero-order valence-corrected chi connectivity index (χ0v) is 16.2. The summed E-state index contributed by atoms with van der Waals surface area (Å²) >= 11 is 0. The first-order chi connectivity index (χ1) is 11.9. The molecule has 0 aromatic heterocycles. The van der Waals surface area contributed by atoms with Gasteiger partial charge in [0.05, 0.1) is 5.54 Å². The molecule has 10 atom stereocenters. The van der Waals surface area contributed by atoms with Crippen molar-refractivity contribution >= 4 is 6.08 Å². The highest BCUT2D eigenvalue weighted by molar-refractivity contribution is 5.36. The second-order valence-electron chi connectivity index (χ2n) is 10.2. The third-order valence-corrected chi connectivity index (χ3v) is 9.34. The van der Waals surface area contributed by atoms with Gasteiger partial charge in [0.2, 0.25) is 11.6 Å². The van der Waals surface area contributed by atoms with Crippen molar-refractivity contribution < 1.29 is 4.79 Å². The molecule has 3 nitrogen and oxygen atoms in total. The largest absolute Gasteiger partial charge is 0.310 e. The van der Waals surface area contributed by atoms with Gasteiger partial charge in [-0.15, -0.1) is 0 Å². The fraction of sp³-hybridized carbons (Fsp3) is 0.909. The zero-order valence-electron chi connectivity index (χ0n) is 16.2. The van der Waals surface area contributed by atoms with Crippen molar-refractivity contribution in [1.29, 1.82) is 0 Å². The summed E-state index contributed by atoms with van der Waals surface area (Å²) in [5.41, 5.74) is -0.411. The Morgan fingerprint density at radius 3 is 2.48 bits per heavy atom. The van der Waals surface area contributed by atoms with Gasteiger partial charge in [0.1, 0.15) is 0 Å². The van der Waals surface area contributed by atoms with Gasteiger partial charge >= 0.3 is 0 Å². The molecule has 25 heavy (non-hydrogen) atoms. The smallest absolute Gasteiger partial charge is 0.235 e. The SMILES string of the molecule is [C-]#[N+][C@@]1(C)CC[C@H]2[C@H]3[C@@H]4[C@H](C[C@@H](C)[C@@](C)(N=C=O)[C@H]4CC[C@@H]31)C[C@@H]2C. The molecule has 4 rings (SSSR count). The van der Waals surface area contributed by atoms with E-state index in [-0.39, 0.29) is 11.1 Å². The lowest BCUT2D eigenvalue weighted by Crippen LogP contribution is -2.63. The van der Waals surface area contributed by atoms with Crippen molar-refractivity contribution in [3.63, 3.8) is 0 Å². The molecule has 0 bridgehead atoms. The van der Waals surface area contributed by atoms with E-state index in [1.165, 1.54) is 19.3 Å². The van der Waals surface area contributed by atoms with Crippen LogP contribution in [0.2, 0.25) is 0 Å². The molecule has 0 aliphatic heterocycles. The Balaban J connectivity index is 1.79. The molecule has 0 aromatic carbocycles.